The monoisotopic (exact) mass is 376 g/mol. The molecule has 146 valence electrons. The van der Waals surface area contributed by atoms with Crippen molar-refractivity contribution in [2.45, 2.75) is 19.0 Å². The maximum atomic E-state index is 12.2. The Morgan fingerprint density at radius 2 is 2.04 bits per heavy atom. The fraction of sp³-hybridized carbons (Fsp3) is 0.444. The minimum atomic E-state index is -0.286. The van der Waals surface area contributed by atoms with Gasteiger partial charge in [-0.05, 0) is 18.6 Å². The number of carbonyl (C=O) groups is 1. The minimum absolute atomic E-state index is 0.0346. The van der Waals surface area contributed by atoms with Gasteiger partial charge in [0.15, 0.2) is 11.5 Å². The number of hydrogen-bond acceptors (Lipinski definition) is 6. The van der Waals surface area contributed by atoms with E-state index in [4.69, 9.17) is 18.9 Å². The molecule has 1 aliphatic heterocycles. The van der Waals surface area contributed by atoms with Gasteiger partial charge in [-0.15, -0.1) is 0 Å². The Bertz CT molecular complexity index is 786. The quantitative estimate of drug-likeness (QED) is 0.766. The standard InChI is InChI=1S/C18H24N4O5/c1-24-14-5-4-12(16(25-2)17(14)26-3)10-22-15(6-8-19-22)21-18(23)20-13-7-9-27-11-13/h4-6,8,13H,7,9-11H2,1-3H3,(H2,20,21,23)/t13-/m1/s1. The summed E-state index contributed by atoms with van der Waals surface area (Å²) in [6.07, 6.45) is 2.44. The molecule has 2 N–H and O–H groups in total. The molecule has 1 aromatic carbocycles. The molecule has 3 rings (SSSR count). The van der Waals surface area contributed by atoms with Crippen molar-refractivity contribution in [2.75, 3.05) is 39.9 Å². The van der Waals surface area contributed by atoms with Crippen LogP contribution in [0.5, 0.6) is 17.2 Å². The Labute approximate surface area is 157 Å². The Morgan fingerprint density at radius 1 is 1.22 bits per heavy atom. The highest BCUT2D eigenvalue weighted by molar-refractivity contribution is 5.88. The third kappa shape index (κ3) is 4.25. The number of methoxy groups -OCH3 is 3. The Balaban J connectivity index is 1.75. The molecule has 9 heteroatoms. The largest absolute Gasteiger partial charge is 0.493 e. The Kier molecular flexibility index (Phi) is 6.02. The van der Waals surface area contributed by atoms with Crippen LogP contribution in [0.3, 0.4) is 0 Å². The van der Waals surface area contributed by atoms with Crippen LogP contribution in [0.25, 0.3) is 0 Å². The fourth-order valence-electron chi connectivity index (χ4n) is 3.00. The number of aromatic nitrogens is 2. The maximum Gasteiger partial charge on any atom is 0.320 e. The van der Waals surface area contributed by atoms with E-state index in [1.165, 1.54) is 0 Å². The van der Waals surface area contributed by atoms with Crippen LogP contribution in [0, 0.1) is 0 Å². The summed E-state index contributed by atoms with van der Waals surface area (Å²) in [5, 5.41) is 10.0. The van der Waals surface area contributed by atoms with E-state index in [1.54, 1.807) is 44.3 Å². The van der Waals surface area contributed by atoms with Gasteiger partial charge in [-0.1, -0.05) is 0 Å². The van der Waals surface area contributed by atoms with Crippen LogP contribution in [0.1, 0.15) is 12.0 Å². The van der Waals surface area contributed by atoms with E-state index in [1.807, 2.05) is 6.07 Å². The summed E-state index contributed by atoms with van der Waals surface area (Å²) in [7, 11) is 4.70. The summed E-state index contributed by atoms with van der Waals surface area (Å²) < 4.78 is 23.2. The summed E-state index contributed by atoms with van der Waals surface area (Å²) in [6, 6.07) is 5.17. The summed E-state index contributed by atoms with van der Waals surface area (Å²) in [4.78, 5) is 12.2. The average molecular weight is 376 g/mol. The first-order valence-corrected chi connectivity index (χ1v) is 8.61. The first-order valence-electron chi connectivity index (χ1n) is 8.61. The lowest BCUT2D eigenvalue weighted by atomic mass is 10.1. The normalized spacial score (nSPS) is 16.0. The van der Waals surface area contributed by atoms with Gasteiger partial charge in [0.25, 0.3) is 0 Å². The molecule has 9 nitrogen and oxygen atoms in total. The number of urea groups is 1. The van der Waals surface area contributed by atoms with Gasteiger partial charge in [0.05, 0.1) is 46.7 Å². The smallest absolute Gasteiger partial charge is 0.320 e. The van der Waals surface area contributed by atoms with Crippen molar-refractivity contribution < 1.29 is 23.7 Å². The van der Waals surface area contributed by atoms with E-state index in [0.29, 0.717) is 42.8 Å². The second kappa shape index (κ2) is 8.63. The molecular weight excluding hydrogens is 352 g/mol. The van der Waals surface area contributed by atoms with Crippen LogP contribution in [0.15, 0.2) is 24.4 Å². The van der Waals surface area contributed by atoms with E-state index < -0.39 is 0 Å². The zero-order chi connectivity index (χ0) is 19.2. The van der Waals surface area contributed by atoms with Crippen molar-refractivity contribution in [2.24, 2.45) is 0 Å². The van der Waals surface area contributed by atoms with Crippen LogP contribution >= 0.6 is 0 Å². The topological polar surface area (TPSA) is 95.9 Å². The lowest BCUT2D eigenvalue weighted by Crippen LogP contribution is -2.38. The number of rotatable bonds is 7. The Morgan fingerprint density at radius 3 is 2.70 bits per heavy atom. The second-order valence-corrected chi connectivity index (χ2v) is 6.03. The highest BCUT2D eigenvalue weighted by Gasteiger charge is 2.20. The first kappa shape index (κ1) is 18.8. The second-order valence-electron chi connectivity index (χ2n) is 6.03. The molecule has 1 saturated heterocycles. The molecule has 0 bridgehead atoms. The van der Waals surface area contributed by atoms with Crippen LogP contribution in [-0.2, 0) is 11.3 Å². The molecule has 0 aliphatic carbocycles. The predicted molar refractivity (Wildman–Crippen MR) is 98.8 cm³/mol. The van der Waals surface area contributed by atoms with Crippen LogP contribution in [-0.4, -0.2) is 56.4 Å². The SMILES string of the molecule is COc1ccc(Cn2nccc2NC(=O)N[C@@H]2CCOC2)c(OC)c1OC. The van der Waals surface area contributed by atoms with E-state index in [9.17, 15) is 4.79 Å². The molecule has 1 aliphatic rings. The van der Waals surface area contributed by atoms with Crippen molar-refractivity contribution in [1.82, 2.24) is 15.1 Å². The zero-order valence-electron chi connectivity index (χ0n) is 15.7. The number of anilines is 1. The zero-order valence-corrected chi connectivity index (χ0v) is 15.7. The van der Waals surface area contributed by atoms with Gasteiger partial charge in [0.2, 0.25) is 5.75 Å². The predicted octanol–water partition coefficient (Wildman–Crippen LogP) is 1.87. The molecule has 2 amide bonds. The van der Waals surface area contributed by atoms with Crippen molar-refractivity contribution in [3.8, 4) is 17.2 Å². The molecule has 2 aromatic rings. The molecule has 1 atom stereocenters. The first-order chi connectivity index (χ1) is 13.2. The molecule has 0 radical (unpaired) electrons. The molecule has 0 spiro atoms. The van der Waals surface area contributed by atoms with E-state index >= 15 is 0 Å². The molecule has 27 heavy (non-hydrogen) atoms. The van der Waals surface area contributed by atoms with E-state index in [2.05, 4.69) is 15.7 Å². The molecule has 2 heterocycles. The van der Waals surface area contributed by atoms with Crippen molar-refractivity contribution in [3.63, 3.8) is 0 Å². The summed E-state index contributed by atoms with van der Waals surface area (Å²) >= 11 is 0. The van der Waals surface area contributed by atoms with Gasteiger partial charge < -0.3 is 24.3 Å². The van der Waals surface area contributed by atoms with Gasteiger partial charge in [-0.2, -0.15) is 5.10 Å². The number of hydrogen-bond donors (Lipinski definition) is 2. The fourth-order valence-corrected chi connectivity index (χ4v) is 3.00. The highest BCUT2D eigenvalue weighted by atomic mass is 16.5. The van der Waals surface area contributed by atoms with Gasteiger partial charge in [-0.3, -0.25) is 5.32 Å². The molecule has 1 aromatic heterocycles. The van der Waals surface area contributed by atoms with Crippen LogP contribution in [0.4, 0.5) is 10.6 Å². The van der Waals surface area contributed by atoms with E-state index in [0.717, 1.165) is 12.0 Å². The van der Waals surface area contributed by atoms with Crippen molar-refractivity contribution in [3.05, 3.63) is 30.0 Å². The average Bonchev–Trinajstić information content (AvgIpc) is 3.33. The number of nitrogens with one attached hydrogen (secondary N) is 2. The number of ether oxygens (including phenoxy) is 4. The molecular formula is C18H24N4O5. The molecule has 0 saturated carbocycles. The summed E-state index contributed by atoms with van der Waals surface area (Å²) in [5.41, 5.74) is 0.839. The van der Waals surface area contributed by atoms with Gasteiger partial charge in [-0.25, -0.2) is 9.48 Å². The maximum absolute atomic E-state index is 12.2. The van der Waals surface area contributed by atoms with Gasteiger partial charge >= 0.3 is 6.03 Å². The van der Waals surface area contributed by atoms with Crippen molar-refractivity contribution in [1.29, 1.82) is 0 Å². The molecule has 1 fully saturated rings. The third-order valence-corrected chi connectivity index (χ3v) is 4.33. The highest BCUT2D eigenvalue weighted by Crippen LogP contribution is 2.40. The third-order valence-electron chi connectivity index (χ3n) is 4.33. The van der Waals surface area contributed by atoms with Gasteiger partial charge in [0.1, 0.15) is 5.82 Å². The van der Waals surface area contributed by atoms with Gasteiger partial charge in [0, 0.05) is 18.2 Å². The van der Waals surface area contributed by atoms with Crippen LogP contribution < -0.4 is 24.8 Å². The number of benzene rings is 1. The number of nitrogens with zero attached hydrogens (tertiary/aromatic N) is 2. The number of carbonyl (C=O) groups excluding carboxylic acids is 1. The van der Waals surface area contributed by atoms with E-state index in [-0.39, 0.29) is 12.1 Å². The Hall–Kier alpha value is -2.94. The van der Waals surface area contributed by atoms with Crippen molar-refractivity contribution >= 4 is 11.8 Å². The summed E-state index contributed by atoms with van der Waals surface area (Å²) in [5.74, 6) is 2.22. The number of amides is 2. The van der Waals surface area contributed by atoms with Crippen LogP contribution in [0.2, 0.25) is 0 Å². The lowest BCUT2D eigenvalue weighted by Gasteiger charge is -2.17. The lowest BCUT2D eigenvalue weighted by molar-refractivity contribution is 0.189. The summed E-state index contributed by atoms with van der Waals surface area (Å²) in [6.45, 7) is 1.59. The molecule has 0 unspecified atom stereocenters. The minimum Gasteiger partial charge on any atom is -0.493 e.